The molecule has 0 saturated carbocycles. The van der Waals surface area contributed by atoms with Crippen molar-refractivity contribution in [3.05, 3.63) is 10.7 Å². The van der Waals surface area contributed by atoms with Gasteiger partial charge in [0, 0.05) is 12.7 Å². The lowest BCUT2D eigenvalue weighted by Gasteiger charge is -2.09. The van der Waals surface area contributed by atoms with Crippen LogP contribution >= 0.6 is 15.9 Å². The lowest BCUT2D eigenvalue weighted by Crippen LogP contribution is -2.19. The van der Waals surface area contributed by atoms with Crippen molar-refractivity contribution in [1.29, 1.82) is 0 Å². The van der Waals surface area contributed by atoms with Gasteiger partial charge in [-0.2, -0.15) is 4.98 Å². The van der Waals surface area contributed by atoms with Crippen molar-refractivity contribution in [2.75, 3.05) is 30.3 Å². The van der Waals surface area contributed by atoms with Crippen LogP contribution in [0.15, 0.2) is 10.7 Å². The van der Waals surface area contributed by atoms with E-state index in [0.717, 1.165) is 17.4 Å². The van der Waals surface area contributed by atoms with Crippen LogP contribution in [-0.4, -0.2) is 35.8 Å². The van der Waals surface area contributed by atoms with E-state index < -0.39 is 6.09 Å². The van der Waals surface area contributed by atoms with Crippen molar-refractivity contribution in [2.45, 2.75) is 13.3 Å². The van der Waals surface area contributed by atoms with Gasteiger partial charge < -0.3 is 21.1 Å². The van der Waals surface area contributed by atoms with E-state index in [0.29, 0.717) is 18.3 Å². The molecular weight excluding hydrogens is 302 g/mol. The fourth-order valence-electron chi connectivity index (χ4n) is 1.13. The van der Waals surface area contributed by atoms with Crippen LogP contribution in [0.4, 0.5) is 16.6 Å². The molecule has 18 heavy (non-hydrogen) atoms. The second-order valence-corrected chi connectivity index (χ2v) is 4.27. The van der Waals surface area contributed by atoms with Crippen molar-refractivity contribution < 1.29 is 9.53 Å². The van der Waals surface area contributed by atoms with Crippen molar-refractivity contribution in [2.24, 2.45) is 5.73 Å². The summed E-state index contributed by atoms with van der Waals surface area (Å²) in [7, 11) is 0. The molecule has 1 aromatic heterocycles. The van der Waals surface area contributed by atoms with Crippen molar-refractivity contribution in [1.82, 2.24) is 9.97 Å². The molecule has 0 radical (unpaired) electrons. The van der Waals surface area contributed by atoms with Crippen molar-refractivity contribution >= 4 is 33.8 Å². The van der Waals surface area contributed by atoms with Gasteiger partial charge in [0.2, 0.25) is 5.95 Å². The summed E-state index contributed by atoms with van der Waals surface area (Å²) in [5.74, 6) is 1.19. The lowest BCUT2D eigenvalue weighted by molar-refractivity contribution is 0.161. The average Bonchev–Trinajstić information content (AvgIpc) is 2.34. The van der Waals surface area contributed by atoms with E-state index in [-0.39, 0.29) is 6.61 Å². The quantitative estimate of drug-likeness (QED) is 0.660. The first-order chi connectivity index (χ1) is 8.63. The number of carbonyl (C=O) groups is 1. The second-order valence-electron chi connectivity index (χ2n) is 3.41. The van der Waals surface area contributed by atoms with Crippen molar-refractivity contribution in [3.8, 4) is 0 Å². The molecule has 0 aliphatic heterocycles. The van der Waals surface area contributed by atoms with Crippen LogP contribution in [0, 0.1) is 0 Å². The van der Waals surface area contributed by atoms with E-state index in [1.165, 1.54) is 0 Å². The largest absolute Gasteiger partial charge is 0.448 e. The first-order valence-corrected chi connectivity index (χ1v) is 6.35. The van der Waals surface area contributed by atoms with Gasteiger partial charge in [-0.15, -0.1) is 0 Å². The SMILES string of the molecule is CCCNc1ncc(Br)c(NCCOC(N)=O)n1. The molecule has 0 aliphatic rings. The third kappa shape index (κ3) is 5.17. The number of rotatable bonds is 7. The molecule has 0 atom stereocenters. The van der Waals surface area contributed by atoms with Crippen LogP contribution in [0.1, 0.15) is 13.3 Å². The molecule has 0 fully saturated rings. The highest BCUT2D eigenvalue weighted by molar-refractivity contribution is 9.10. The molecule has 0 bridgehead atoms. The van der Waals surface area contributed by atoms with Gasteiger partial charge >= 0.3 is 6.09 Å². The zero-order chi connectivity index (χ0) is 13.4. The molecule has 4 N–H and O–H groups in total. The fraction of sp³-hybridized carbons (Fsp3) is 0.500. The zero-order valence-electron chi connectivity index (χ0n) is 10.1. The van der Waals surface area contributed by atoms with Gasteiger partial charge in [0.25, 0.3) is 0 Å². The number of nitrogens with one attached hydrogen (secondary N) is 2. The van der Waals surface area contributed by atoms with Gasteiger partial charge in [-0.25, -0.2) is 9.78 Å². The Labute approximate surface area is 114 Å². The summed E-state index contributed by atoms with van der Waals surface area (Å²) >= 11 is 3.33. The Hall–Kier alpha value is -1.57. The minimum atomic E-state index is -0.788. The fourth-order valence-corrected chi connectivity index (χ4v) is 1.47. The number of carbonyl (C=O) groups excluding carboxylic acids is 1. The van der Waals surface area contributed by atoms with E-state index in [1.54, 1.807) is 6.20 Å². The van der Waals surface area contributed by atoms with Crippen LogP contribution in [0.3, 0.4) is 0 Å². The summed E-state index contributed by atoms with van der Waals surface area (Å²) in [4.78, 5) is 18.8. The minimum absolute atomic E-state index is 0.184. The third-order valence-corrected chi connectivity index (χ3v) is 2.50. The zero-order valence-corrected chi connectivity index (χ0v) is 11.7. The number of primary amides is 1. The standard InChI is InChI=1S/C10H16BrN5O2/c1-2-3-14-10-15-6-7(11)8(16-10)13-4-5-18-9(12)17/h6H,2-5H2,1H3,(H2,12,17)(H2,13,14,15,16). The molecule has 1 aromatic rings. The maximum Gasteiger partial charge on any atom is 0.404 e. The van der Waals surface area contributed by atoms with Gasteiger partial charge in [-0.1, -0.05) is 6.92 Å². The Balaban J connectivity index is 2.49. The smallest absolute Gasteiger partial charge is 0.404 e. The van der Waals surface area contributed by atoms with E-state index >= 15 is 0 Å². The normalized spacial score (nSPS) is 9.89. The van der Waals surface area contributed by atoms with Crippen molar-refractivity contribution in [3.63, 3.8) is 0 Å². The van der Waals surface area contributed by atoms with Crippen LogP contribution < -0.4 is 16.4 Å². The van der Waals surface area contributed by atoms with E-state index in [4.69, 9.17) is 5.73 Å². The molecule has 0 aromatic carbocycles. The van der Waals surface area contributed by atoms with Crippen LogP contribution in [0.2, 0.25) is 0 Å². The first-order valence-electron chi connectivity index (χ1n) is 5.56. The second kappa shape index (κ2) is 7.70. The number of ether oxygens (including phenoxy) is 1. The maximum absolute atomic E-state index is 10.4. The highest BCUT2D eigenvalue weighted by atomic mass is 79.9. The first kappa shape index (κ1) is 14.5. The molecule has 1 rings (SSSR count). The molecule has 7 nitrogen and oxygen atoms in total. The maximum atomic E-state index is 10.4. The molecule has 1 heterocycles. The molecule has 0 unspecified atom stereocenters. The van der Waals surface area contributed by atoms with Gasteiger partial charge in [0.1, 0.15) is 12.4 Å². The van der Waals surface area contributed by atoms with E-state index in [2.05, 4.69) is 48.2 Å². The topological polar surface area (TPSA) is 102 Å². The number of anilines is 2. The van der Waals surface area contributed by atoms with Gasteiger partial charge in [0.05, 0.1) is 11.0 Å². The third-order valence-electron chi connectivity index (χ3n) is 1.92. The number of nitrogens with two attached hydrogens (primary N) is 1. The Bertz CT molecular complexity index is 402. The van der Waals surface area contributed by atoms with E-state index in [1.807, 2.05) is 0 Å². The molecule has 0 aliphatic carbocycles. The Morgan fingerprint density at radius 3 is 2.94 bits per heavy atom. The Kier molecular flexibility index (Phi) is 6.20. The number of aromatic nitrogens is 2. The average molecular weight is 318 g/mol. The number of hydrogen-bond acceptors (Lipinski definition) is 6. The van der Waals surface area contributed by atoms with Crippen LogP contribution in [0.25, 0.3) is 0 Å². The number of hydrogen-bond donors (Lipinski definition) is 3. The van der Waals surface area contributed by atoms with Crippen LogP contribution in [-0.2, 0) is 4.74 Å². The monoisotopic (exact) mass is 317 g/mol. The number of halogens is 1. The van der Waals surface area contributed by atoms with Gasteiger partial charge in [-0.3, -0.25) is 0 Å². The predicted molar refractivity (Wildman–Crippen MR) is 72.5 cm³/mol. The molecule has 0 spiro atoms. The highest BCUT2D eigenvalue weighted by Crippen LogP contribution is 2.19. The molecule has 0 saturated heterocycles. The summed E-state index contributed by atoms with van der Waals surface area (Å²) < 4.78 is 5.34. The summed E-state index contributed by atoms with van der Waals surface area (Å²) in [6.45, 7) is 3.48. The minimum Gasteiger partial charge on any atom is -0.448 e. The molecular formula is C10H16BrN5O2. The van der Waals surface area contributed by atoms with Crippen LogP contribution in [0.5, 0.6) is 0 Å². The summed E-state index contributed by atoms with van der Waals surface area (Å²) in [6, 6.07) is 0. The predicted octanol–water partition coefficient (Wildman–Crippen LogP) is 1.57. The Morgan fingerprint density at radius 2 is 2.28 bits per heavy atom. The summed E-state index contributed by atoms with van der Waals surface area (Å²) in [5.41, 5.74) is 4.85. The molecule has 100 valence electrons. The molecule has 8 heteroatoms. The number of amides is 1. The lowest BCUT2D eigenvalue weighted by atomic mass is 10.5. The van der Waals surface area contributed by atoms with E-state index in [9.17, 15) is 4.79 Å². The summed E-state index contributed by atoms with van der Waals surface area (Å²) in [6.07, 6.45) is 1.86. The number of nitrogens with zero attached hydrogens (tertiary/aromatic N) is 2. The van der Waals surface area contributed by atoms with Gasteiger partial charge in [-0.05, 0) is 22.4 Å². The Morgan fingerprint density at radius 1 is 1.50 bits per heavy atom. The highest BCUT2D eigenvalue weighted by Gasteiger charge is 2.04. The molecule has 1 amide bonds. The van der Waals surface area contributed by atoms with Gasteiger partial charge in [0.15, 0.2) is 0 Å². The summed E-state index contributed by atoms with van der Waals surface area (Å²) in [5, 5.41) is 6.10.